The van der Waals surface area contributed by atoms with Gasteiger partial charge in [0.25, 0.3) is 0 Å². The minimum absolute atomic E-state index is 0.171. The summed E-state index contributed by atoms with van der Waals surface area (Å²) in [4.78, 5) is 15.7. The van der Waals surface area contributed by atoms with Crippen molar-refractivity contribution in [2.75, 3.05) is 26.3 Å². The summed E-state index contributed by atoms with van der Waals surface area (Å²) in [5.41, 5.74) is -0.317. The van der Waals surface area contributed by atoms with Gasteiger partial charge in [0.2, 0.25) is 0 Å². The Morgan fingerprint density at radius 3 is 2.15 bits per heavy atom. The smallest absolute Gasteiger partial charge is 0.407 e. The van der Waals surface area contributed by atoms with Crippen LogP contribution in [-0.2, 0) is 4.74 Å². The van der Waals surface area contributed by atoms with Crippen LogP contribution in [0.2, 0.25) is 0 Å². The number of carboxylic acid groups (broad SMARTS) is 1. The van der Waals surface area contributed by atoms with Gasteiger partial charge in [-0.1, -0.05) is 0 Å². The number of hydrogen-bond acceptors (Lipinski definition) is 3. The van der Waals surface area contributed by atoms with Crippen molar-refractivity contribution in [1.29, 1.82) is 0 Å². The van der Waals surface area contributed by atoms with E-state index < -0.39 is 6.09 Å². The average Bonchev–Trinajstić information content (AvgIpc) is 2.38. The highest BCUT2D eigenvalue weighted by molar-refractivity contribution is 5.66. The van der Waals surface area contributed by atoms with Crippen LogP contribution < -0.4 is 0 Å². The topological polar surface area (TPSA) is 53.0 Å². The van der Waals surface area contributed by atoms with E-state index >= 15 is 0 Å². The van der Waals surface area contributed by atoms with Crippen LogP contribution in [0.25, 0.3) is 0 Å². The van der Waals surface area contributed by atoms with Crippen molar-refractivity contribution < 1.29 is 14.6 Å². The number of morpholine rings is 1. The Labute approximate surface area is 121 Å². The van der Waals surface area contributed by atoms with Crippen molar-refractivity contribution in [3.05, 3.63) is 0 Å². The molecule has 2 rings (SSSR count). The third kappa shape index (κ3) is 3.64. The number of nitrogens with zero attached hydrogens (tertiary/aromatic N) is 2. The molecule has 5 heteroatoms. The molecule has 1 aliphatic carbocycles. The Bertz CT molecular complexity index is 327. The molecule has 0 spiro atoms. The largest absolute Gasteiger partial charge is 0.465 e. The number of carbonyl (C=O) groups is 1. The summed E-state index contributed by atoms with van der Waals surface area (Å²) in [5, 5.41) is 9.47. The number of amides is 1. The first kappa shape index (κ1) is 15.6. The molecule has 1 aliphatic heterocycles. The van der Waals surface area contributed by atoms with Gasteiger partial charge in [0.1, 0.15) is 0 Å². The molecule has 1 amide bonds. The lowest BCUT2D eigenvalue weighted by atomic mass is 9.87. The number of rotatable bonds is 2. The molecule has 0 aromatic carbocycles. The second kappa shape index (κ2) is 6.31. The van der Waals surface area contributed by atoms with E-state index in [1.54, 1.807) is 4.90 Å². The molecule has 0 atom stereocenters. The minimum atomic E-state index is -0.785. The Morgan fingerprint density at radius 2 is 1.70 bits per heavy atom. The average molecular weight is 284 g/mol. The first-order valence-corrected chi connectivity index (χ1v) is 7.73. The van der Waals surface area contributed by atoms with Gasteiger partial charge >= 0.3 is 6.09 Å². The monoisotopic (exact) mass is 284 g/mol. The van der Waals surface area contributed by atoms with E-state index in [0.29, 0.717) is 6.04 Å². The highest BCUT2D eigenvalue weighted by Crippen LogP contribution is 2.30. The maximum Gasteiger partial charge on any atom is 0.407 e. The van der Waals surface area contributed by atoms with Gasteiger partial charge in [-0.05, 0) is 46.5 Å². The summed E-state index contributed by atoms with van der Waals surface area (Å²) in [7, 11) is 0. The fourth-order valence-electron chi connectivity index (χ4n) is 3.62. The van der Waals surface area contributed by atoms with Crippen LogP contribution in [0, 0.1) is 0 Å². The molecule has 1 heterocycles. The van der Waals surface area contributed by atoms with Crippen LogP contribution >= 0.6 is 0 Å². The molecule has 0 bridgehead atoms. The maximum atomic E-state index is 11.5. The van der Waals surface area contributed by atoms with E-state index in [9.17, 15) is 9.90 Å². The van der Waals surface area contributed by atoms with Gasteiger partial charge in [-0.2, -0.15) is 0 Å². The van der Waals surface area contributed by atoms with E-state index in [1.807, 2.05) is 20.8 Å². The van der Waals surface area contributed by atoms with Crippen LogP contribution in [0.1, 0.15) is 46.5 Å². The van der Waals surface area contributed by atoms with E-state index in [4.69, 9.17) is 4.74 Å². The zero-order valence-corrected chi connectivity index (χ0v) is 13.0. The molecule has 2 aliphatic rings. The molecule has 1 saturated carbocycles. The molecule has 0 aromatic heterocycles. The van der Waals surface area contributed by atoms with Crippen molar-refractivity contribution in [2.45, 2.75) is 64.1 Å². The lowest BCUT2D eigenvalue weighted by Gasteiger charge is -2.45. The van der Waals surface area contributed by atoms with Crippen LogP contribution in [0.3, 0.4) is 0 Å². The molecule has 1 saturated heterocycles. The standard InChI is InChI=1S/C15H28N2O3/c1-15(2,3)17(14(18)19)13-6-4-12(5-7-13)16-8-10-20-11-9-16/h12-13H,4-11H2,1-3H3,(H,18,19). The van der Waals surface area contributed by atoms with Gasteiger partial charge in [-0.25, -0.2) is 4.79 Å². The highest BCUT2D eigenvalue weighted by Gasteiger charge is 2.36. The molecular formula is C15H28N2O3. The molecular weight excluding hydrogens is 256 g/mol. The summed E-state index contributed by atoms with van der Waals surface area (Å²) in [6, 6.07) is 0.788. The molecule has 0 radical (unpaired) electrons. The first-order valence-electron chi connectivity index (χ1n) is 7.73. The van der Waals surface area contributed by atoms with Crippen molar-refractivity contribution >= 4 is 6.09 Å². The minimum Gasteiger partial charge on any atom is -0.465 e. The highest BCUT2D eigenvalue weighted by atomic mass is 16.5. The summed E-state index contributed by atoms with van der Waals surface area (Å²) in [5.74, 6) is 0. The zero-order chi connectivity index (χ0) is 14.8. The van der Waals surface area contributed by atoms with E-state index in [1.165, 1.54) is 0 Å². The predicted octanol–water partition coefficient (Wildman–Crippen LogP) is 2.41. The Morgan fingerprint density at radius 1 is 1.15 bits per heavy atom. The van der Waals surface area contributed by atoms with E-state index in [-0.39, 0.29) is 11.6 Å². The fraction of sp³-hybridized carbons (Fsp3) is 0.933. The van der Waals surface area contributed by atoms with Crippen molar-refractivity contribution in [3.8, 4) is 0 Å². The zero-order valence-electron chi connectivity index (χ0n) is 13.0. The maximum absolute atomic E-state index is 11.5. The third-order valence-electron chi connectivity index (χ3n) is 4.52. The molecule has 0 aromatic rings. The molecule has 0 unspecified atom stereocenters. The Balaban J connectivity index is 1.91. The van der Waals surface area contributed by atoms with Crippen LogP contribution in [-0.4, -0.2) is 64.9 Å². The van der Waals surface area contributed by atoms with Crippen LogP contribution in [0.4, 0.5) is 4.79 Å². The van der Waals surface area contributed by atoms with Crippen LogP contribution in [0.15, 0.2) is 0 Å². The van der Waals surface area contributed by atoms with Gasteiger partial charge in [0, 0.05) is 30.7 Å². The van der Waals surface area contributed by atoms with Gasteiger partial charge < -0.3 is 14.7 Å². The quantitative estimate of drug-likeness (QED) is 0.846. The molecule has 20 heavy (non-hydrogen) atoms. The van der Waals surface area contributed by atoms with Gasteiger partial charge in [-0.3, -0.25) is 4.90 Å². The summed E-state index contributed by atoms with van der Waals surface area (Å²) in [6.45, 7) is 9.67. The molecule has 5 nitrogen and oxygen atoms in total. The Kier molecular flexibility index (Phi) is 4.91. The van der Waals surface area contributed by atoms with Gasteiger partial charge in [-0.15, -0.1) is 0 Å². The van der Waals surface area contributed by atoms with Crippen molar-refractivity contribution in [2.24, 2.45) is 0 Å². The third-order valence-corrected chi connectivity index (χ3v) is 4.52. The van der Waals surface area contributed by atoms with Gasteiger partial charge in [0.05, 0.1) is 13.2 Å². The SMILES string of the molecule is CC(C)(C)N(C(=O)O)C1CCC(N2CCOCC2)CC1. The normalized spacial score (nSPS) is 29.1. The van der Waals surface area contributed by atoms with Crippen molar-refractivity contribution in [1.82, 2.24) is 9.80 Å². The van der Waals surface area contributed by atoms with E-state index in [0.717, 1.165) is 52.0 Å². The first-order chi connectivity index (χ1) is 9.39. The molecule has 116 valence electrons. The predicted molar refractivity (Wildman–Crippen MR) is 78.1 cm³/mol. The number of hydrogen-bond donors (Lipinski definition) is 1. The molecule has 2 fully saturated rings. The lowest BCUT2D eigenvalue weighted by Crippen LogP contribution is -2.54. The van der Waals surface area contributed by atoms with Crippen LogP contribution in [0.5, 0.6) is 0 Å². The fourth-order valence-corrected chi connectivity index (χ4v) is 3.62. The number of ether oxygens (including phenoxy) is 1. The van der Waals surface area contributed by atoms with Gasteiger partial charge in [0.15, 0.2) is 0 Å². The second-order valence-electron chi connectivity index (χ2n) is 6.93. The Hall–Kier alpha value is -0.810. The van der Waals surface area contributed by atoms with Crippen molar-refractivity contribution in [3.63, 3.8) is 0 Å². The van der Waals surface area contributed by atoms with E-state index in [2.05, 4.69) is 4.90 Å². The second-order valence-corrected chi connectivity index (χ2v) is 6.93. The summed E-state index contributed by atoms with van der Waals surface area (Å²) >= 11 is 0. The summed E-state index contributed by atoms with van der Waals surface area (Å²) < 4.78 is 5.40. The lowest BCUT2D eigenvalue weighted by molar-refractivity contribution is -0.00486. The summed E-state index contributed by atoms with van der Waals surface area (Å²) in [6.07, 6.45) is 3.37. The molecule has 1 N–H and O–H groups in total.